The normalized spacial score (nSPS) is 16.3. The molecule has 1 aliphatic rings. The second-order valence-electron chi connectivity index (χ2n) is 5.41. The van der Waals surface area contributed by atoms with Crippen molar-refractivity contribution in [1.82, 2.24) is 0 Å². The molecule has 0 aliphatic carbocycles. The zero-order chi connectivity index (χ0) is 19.6. The van der Waals surface area contributed by atoms with Crippen LogP contribution < -0.4 is 4.90 Å². The molecular weight excluding hydrogens is 408 g/mol. The maximum atomic E-state index is 12.6. The number of amides is 1. The SMILES string of the molecule is O=C1C(=CC(Cl)=Cc2ccc([N+](=O)[O-])cc2)SC(=S)N1c1ccc(O)cc1. The predicted molar refractivity (Wildman–Crippen MR) is 111 cm³/mol. The van der Waals surface area contributed by atoms with E-state index in [9.17, 15) is 20.0 Å². The molecule has 136 valence electrons. The standard InChI is InChI=1S/C18H11ClN2O4S2/c19-12(9-11-1-3-14(4-2-11)21(24)25)10-16-17(23)20(18(26)27-16)13-5-7-15(22)8-6-13/h1-10,22H. The summed E-state index contributed by atoms with van der Waals surface area (Å²) in [4.78, 5) is 24.6. The van der Waals surface area contributed by atoms with Crippen molar-refractivity contribution in [2.24, 2.45) is 0 Å². The van der Waals surface area contributed by atoms with Crippen LogP contribution in [0.3, 0.4) is 0 Å². The highest BCUT2D eigenvalue weighted by atomic mass is 35.5. The van der Waals surface area contributed by atoms with Crippen LogP contribution in [0.15, 0.2) is 64.5 Å². The first kappa shape index (κ1) is 19.1. The van der Waals surface area contributed by atoms with Crippen molar-refractivity contribution in [3.63, 3.8) is 0 Å². The van der Waals surface area contributed by atoms with E-state index < -0.39 is 4.92 Å². The average Bonchev–Trinajstić information content (AvgIpc) is 2.90. The first-order valence-electron chi connectivity index (χ1n) is 7.54. The Morgan fingerprint density at radius 1 is 1.19 bits per heavy atom. The molecule has 0 atom stereocenters. The van der Waals surface area contributed by atoms with Gasteiger partial charge in [-0.15, -0.1) is 0 Å². The predicted octanol–water partition coefficient (Wildman–Crippen LogP) is 4.83. The number of non-ortho nitro benzene ring substituents is 1. The Morgan fingerprint density at radius 3 is 2.41 bits per heavy atom. The van der Waals surface area contributed by atoms with Crippen LogP contribution in [0, 0.1) is 10.1 Å². The molecule has 0 unspecified atom stereocenters. The first-order valence-corrected chi connectivity index (χ1v) is 9.14. The van der Waals surface area contributed by atoms with E-state index in [0.29, 0.717) is 20.5 Å². The van der Waals surface area contributed by atoms with Crippen molar-refractivity contribution in [2.45, 2.75) is 0 Å². The van der Waals surface area contributed by atoms with Crippen LogP contribution in [-0.4, -0.2) is 20.3 Å². The third kappa shape index (κ3) is 4.36. The lowest BCUT2D eigenvalue weighted by atomic mass is 10.2. The van der Waals surface area contributed by atoms with Crippen molar-refractivity contribution < 1.29 is 14.8 Å². The lowest BCUT2D eigenvalue weighted by molar-refractivity contribution is -0.384. The molecule has 0 saturated carbocycles. The van der Waals surface area contributed by atoms with Gasteiger partial charge in [0.2, 0.25) is 0 Å². The molecule has 27 heavy (non-hydrogen) atoms. The molecule has 3 rings (SSSR count). The van der Waals surface area contributed by atoms with E-state index in [1.54, 1.807) is 30.3 Å². The molecule has 1 heterocycles. The molecule has 2 aromatic carbocycles. The Hall–Kier alpha value is -2.68. The highest BCUT2D eigenvalue weighted by Gasteiger charge is 2.33. The number of rotatable bonds is 4. The number of halogens is 1. The van der Waals surface area contributed by atoms with E-state index in [1.807, 2.05) is 0 Å². The van der Waals surface area contributed by atoms with Crippen molar-refractivity contribution >= 4 is 63.3 Å². The number of aromatic hydroxyl groups is 1. The van der Waals surface area contributed by atoms with Crippen LogP contribution in [0.1, 0.15) is 5.56 Å². The van der Waals surface area contributed by atoms with Crippen LogP contribution in [0.2, 0.25) is 0 Å². The second kappa shape index (κ2) is 7.91. The molecule has 1 aliphatic heterocycles. The monoisotopic (exact) mass is 418 g/mol. The highest BCUT2D eigenvalue weighted by Crippen LogP contribution is 2.36. The van der Waals surface area contributed by atoms with Gasteiger partial charge in [-0.3, -0.25) is 19.8 Å². The molecule has 0 spiro atoms. The minimum atomic E-state index is -0.482. The maximum Gasteiger partial charge on any atom is 0.270 e. The number of nitro benzene ring substituents is 1. The summed E-state index contributed by atoms with van der Waals surface area (Å²) in [7, 11) is 0. The van der Waals surface area contributed by atoms with Crippen molar-refractivity contribution in [3.05, 3.63) is 80.2 Å². The van der Waals surface area contributed by atoms with Gasteiger partial charge in [0, 0.05) is 17.2 Å². The number of thiocarbonyl (C=S) groups is 1. The molecule has 2 aromatic rings. The van der Waals surface area contributed by atoms with Gasteiger partial charge in [0.25, 0.3) is 11.6 Å². The minimum Gasteiger partial charge on any atom is -0.508 e. The fourth-order valence-corrected chi connectivity index (χ4v) is 3.90. The summed E-state index contributed by atoms with van der Waals surface area (Å²) >= 11 is 12.6. The number of phenolic OH excluding ortho intramolecular Hbond substituents is 1. The molecule has 1 N–H and O–H groups in total. The van der Waals surface area contributed by atoms with Crippen LogP contribution in [0.4, 0.5) is 11.4 Å². The van der Waals surface area contributed by atoms with E-state index in [0.717, 1.165) is 11.8 Å². The molecule has 0 radical (unpaired) electrons. The summed E-state index contributed by atoms with van der Waals surface area (Å²) < 4.78 is 0.358. The van der Waals surface area contributed by atoms with Crippen molar-refractivity contribution in [3.8, 4) is 5.75 Å². The number of hydrogen-bond acceptors (Lipinski definition) is 6. The summed E-state index contributed by atoms with van der Waals surface area (Å²) in [6.07, 6.45) is 3.10. The number of anilines is 1. The fraction of sp³-hybridized carbons (Fsp3) is 0. The second-order valence-corrected chi connectivity index (χ2v) is 7.52. The third-order valence-electron chi connectivity index (χ3n) is 3.58. The van der Waals surface area contributed by atoms with Crippen LogP contribution >= 0.6 is 35.6 Å². The Balaban J connectivity index is 1.82. The summed E-state index contributed by atoms with van der Waals surface area (Å²) in [5.41, 5.74) is 1.20. The Bertz CT molecular complexity index is 985. The number of phenols is 1. The molecular formula is C18H11ClN2O4S2. The molecule has 1 amide bonds. The molecule has 6 nitrogen and oxygen atoms in total. The molecule has 0 aromatic heterocycles. The summed E-state index contributed by atoms with van der Waals surface area (Å²) in [6, 6.07) is 12.0. The summed E-state index contributed by atoms with van der Waals surface area (Å²) in [5, 5.41) is 20.3. The van der Waals surface area contributed by atoms with Crippen molar-refractivity contribution in [1.29, 1.82) is 0 Å². The number of nitrogens with zero attached hydrogens (tertiary/aromatic N) is 2. The van der Waals surface area contributed by atoms with E-state index in [4.69, 9.17) is 23.8 Å². The average molecular weight is 419 g/mol. The molecule has 1 saturated heterocycles. The van der Waals surface area contributed by atoms with Gasteiger partial charge in [-0.25, -0.2) is 0 Å². The lowest BCUT2D eigenvalue weighted by Crippen LogP contribution is -2.27. The number of carbonyl (C=O) groups excluding carboxylic acids is 1. The molecule has 0 bridgehead atoms. The van der Waals surface area contributed by atoms with Crippen molar-refractivity contribution in [2.75, 3.05) is 4.90 Å². The van der Waals surface area contributed by atoms with Crippen LogP contribution in [0.25, 0.3) is 6.08 Å². The number of carbonyl (C=O) groups is 1. The van der Waals surface area contributed by atoms with E-state index in [-0.39, 0.29) is 22.4 Å². The number of allylic oxidation sites excluding steroid dienone is 2. The van der Waals surface area contributed by atoms with Gasteiger partial charge in [0.05, 0.1) is 15.5 Å². The molecule has 1 fully saturated rings. The van der Waals surface area contributed by atoms with Gasteiger partial charge in [-0.2, -0.15) is 0 Å². The first-order chi connectivity index (χ1) is 12.8. The van der Waals surface area contributed by atoms with Crippen LogP contribution in [-0.2, 0) is 4.79 Å². The Morgan fingerprint density at radius 2 is 1.81 bits per heavy atom. The largest absolute Gasteiger partial charge is 0.508 e. The minimum absolute atomic E-state index is 0.0157. The van der Waals surface area contributed by atoms with Crippen LogP contribution in [0.5, 0.6) is 5.75 Å². The van der Waals surface area contributed by atoms with E-state index in [1.165, 1.54) is 35.2 Å². The summed E-state index contributed by atoms with van der Waals surface area (Å²) in [5.74, 6) is -0.222. The van der Waals surface area contributed by atoms with Gasteiger partial charge >= 0.3 is 0 Å². The quantitative estimate of drug-likeness (QED) is 0.331. The van der Waals surface area contributed by atoms with Gasteiger partial charge in [0.1, 0.15) is 5.75 Å². The Labute approximate surface area is 168 Å². The van der Waals surface area contributed by atoms with Gasteiger partial charge < -0.3 is 5.11 Å². The maximum absolute atomic E-state index is 12.6. The number of hydrogen-bond donors (Lipinski definition) is 1. The van der Waals surface area contributed by atoms with E-state index in [2.05, 4.69) is 0 Å². The fourth-order valence-electron chi connectivity index (χ4n) is 2.31. The van der Waals surface area contributed by atoms with E-state index >= 15 is 0 Å². The zero-order valence-corrected chi connectivity index (χ0v) is 15.9. The van der Waals surface area contributed by atoms with Gasteiger partial charge in [0.15, 0.2) is 4.32 Å². The molecule has 9 heteroatoms. The zero-order valence-electron chi connectivity index (χ0n) is 13.5. The topological polar surface area (TPSA) is 83.7 Å². The smallest absolute Gasteiger partial charge is 0.270 e. The number of thioether (sulfide) groups is 1. The summed E-state index contributed by atoms with van der Waals surface area (Å²) in [6.45, 7) is 0. The Kier molecular flexibility index (Phi) is 5.59. The highest BCUT2D eigenvalue weighted by molar-refractivity contribution is 8.27. The third-order valence-corrected chi connectivity index (χ3v) is 5.10. The number of nitro groups is 1. The number of benzene rings is 2. The van der Waals surface area contributed by atoms with Gasteiger partial charge in [-0.05, 0) is 54.1 Å². The van der Waals surface area contributed by atoms with Gasteiger partial charge in [-0.1, -0.05) is 35.6 Å². The lowest BCUT2D eigenvalue weighted by Gasteiger charge is -2.14.